The summed E-state index contributed by atoms with van der Waals surface area (Å²) in [6, 6.07) is 4.46. The first-order valence-electron chi connectivity index (χ1n) is 9.70. The Morgan fingerprint density at radius 2 is 1.97 bits per heavy atom. The van der Waals surface area contributed by atoms with Gasteiger partial charge in [-0.05, 0) is 56.9 Å². The van der Waals surface area contributed by atoms with Gasteiger partial charge in [0.2, 0.25) is 11.8 Å². The Morgan fingerprint density at radius 3 is 2.62 bits per heavy atom. The number of carbonyl (C=O) groups excluding carboxylic acids is 2. The highest BCUT2D eigenvalue weighted by molar-refractivity contribution is 5.92. The van der Waals surface area contributed by atoms with Crippen molar-refractivity contribution in [1.82, 2.24) is 10.6 Å². The van der Waals surface area contributed by atoms with Gasteiger partial charge in [0.1, 0.15) is 0 Å². The fourth-order valence-electron chi connectivity index (χ4n) is 3.36. The molecule has 2 unspecified atom stereocenters. The zero-order chi connectivity index (χ0) is 21.4. The summed E-state index contributed by atoms with van der Waals surface area (Å²) in [5, 5.41) is 5.86. The lowest BCUT2D eigenvalue weighted by atomic mass is 9.85. The van der Waals surface area contributed by atoms with E-state index in [0.29, 0.717) is 12.0 Å². The second kappa shape index (κ2) is 10.8. The molecule has 1 saturated carbocycles. The number of hydrogen-bond donors (Lipinski definition) is 2. The van der Waals surface area contributed by atoms with E-state index in [4.69, 9.17) is 4.74 Å². The van der Waals surface area contributed by atoms with Crippen molar-refractivity contribution >= 4 is 17.9 Å². The van der Waals surface area contributed by atoms with E-state index < -0.39 is 6.61 Å². The van der Waals surface area contributed by atoms with Crippen molar-refractivity contribution in [2.45, 2.75) is 58.2 Å². The first-order valence-corrected chi connectivity index (χ1v) is 9.70. The molecule has 8 heteroatoms. The van der Waals surface area contributed by atoms with Gasteiger partial charge >= 0.3 is 6.61 Å². The maximum absolute atomic E-state index is 12.4. The van der Waals surface area contributed by atoms with E-state index >= 15 is 0 Å². The molecule has 0 radical (unpaired) electrons. The minimum absolute atomic E-state index is 0.0349. The molecule has 1 aromatic carbocycles. The summed E-state index contributed by atoms with van der Waals surface area (Å²) in [4.78, 5) is 24.5. The molecule has 160 valence electrons. The van der Waals surface area contributed by atoms with Crippen LogP contribution in [-0.4, -0.2) is 37.6 Å². The minimum atomic E-state index is -2.95. The van der Waals surface area contributed by atoms with Crippen LogP contribution in [0.25, 0.3) is 6.08 Å². The van der Waals surface area contributed by atoms with Crippen molar-refractivity contribution in [3.63, 3.8) is 0 Å². The van der Waals surface area contributed by atoms with Crippen LogP contribution in [0.4, 0.5) is 8.78 Å². The average molecular weight is 410 g/mol. The Bertz CT molecular complexity index is 737. The van der Waals surface area contributed by atoms with Crippen molar-refractivity contribution in [2.75, 3.05) is 7.11 Å². The molecule has 0 aromatic heterocycles. The Morgan fingerprint density at radius 1 is 1.21 bits per heavy atom. The van der Waals surface area contributed by atoms with Gasteiger partial charge in [-0.1, -0.05) is 12.5 Å². The number of nitrogens with one attached hydrogen (secondary N) is 2. The molecule has 0 bridgehead atoms. The highest BCUT2D eigenvalue weighted by Crippen LogP contribution is 2.30. The van der Waals surface area contributed by atoms with Crippen LogP contribution < -0.4 is 20.1 Å². The molecule has 2 atom stereocenters. The first-order chi connectivity index (χ1) is 13.8. The van der Waals surface area contributed by atoms with E-state index in [-0.39, 0.29) is 41.3 Å². The molecule has 0 saturated heterocycles. The van der Waals surface area contributed by atoms with Gasteiger partial charge in [0, 0.05) is 24.1 Å². The van der Waals surface area contributed by atoms with Crippen molar-refractivity contribution in [1.29, 1.82) is 0 Å². The van der Waals surface area contributed by atoms with E-state index in [9.17, 15) is 18.4 Å². The first kappa shape index (κ1) is 22.6. The van der Waals surface area contributed by atoms with Gasteiger partial charge in [-0.2, -0.15) is 8.78 Å². The standard InChI is InChI=1S/C21H28F2N2O4/c1-13(2)24-20(27)15-5-4-6-16(12-15)25-19(26)10-8-14-7-9-17(29-21(22)23)18(11-14)28-3/h7-11,13,15-16,21H,4-6,12H2,1-3H3,(H,24,27)(H,25,26)/b10-8+. The van der Waals surface area contributed by atoms with Crippen LogP contribution in [0, 0.1) is 5.92 Å². The summed E-state index contributed by atoms with van der Waals surface area (Å²) < 4.78 is 34.2. The normalized spacial score (nSPS) is 19.4. The van der Waals surface area contributed by atoms with E-state index in [1.165, 1.54) is 25.3 Å². The molecule has 2 amide bonds. The number of alkyl halides is 2. The van der Waals surface area contributed by atoms with E-state index in [0.717, 1.165) is 19.3 Å². The van der Waals surface area contributed by atoms with Gasteiger partial charge in [-0.25, -0.2) is 0 Å². The Hall–Kier alpha value is -2.64. The fraction of sp³-hybridized carbons (Fsp3) is 0.524. The predicted octanol–water partition coefficient (Wildman–Crippen LogP) is 3.51. The molecule has 2 rings (SSSR count). The third kappa shape index (κ3) is 7.36. The van der Waals surface area contributed by atoms with Crippen LogP contribution >= 0.6 is 0 Å². The third-order valence-electron chi connectivity index (χ3n) is 4.65. The lowest BCUT2D eigenvalue weighted by Gasteiger charge is -2.29. The monoisotopic (exact) mass is 410 g/mol. The van der Waals surface area contributed by atoms with Crippen LogP contribution in [0.2, 0.25) is 0 Å². The summed E-state index contributed by atoms with van der Waals surface area (Å²) in [5.41, 5.74) is 0.608. The van der Waals surface area contributed by atoms with E-state index in [1.54, 1.807) is 12.1 Å². The van der Waals surface area contributed by atoms with Gasteiger partial charge < -0.3 is 20.1 Å². The number of halogens is 2. The van der Waals surface area contributed by atoms with Crippen LogP contribution in [0.3, 0.4) is 0 Å². The lowest BCUT2D eigenvalue weighted by Crippen LogP contribution is -2.43. The second-order valence-corrected chi connectivity index (χ2v) is 7.35. The van der Waals surface area contributed by atoms with Crippen molar-refractivity contribution in [3.8, 4) is 11.5 Å². The number of hydrogen-bond acceptors (Lipinski definition) is 4. The summed E-state index contributed by atoms with van der Waals surface area (Å²) in [6.07, 6.45) is 6.10. The molecule has 0 heterocycles. The molecule has 1 fully saturated rings. The Kier molecular flexibility index (Phi) is 8.42. The van der Waals surface area contributed by atoms with Gasteiger partial charge in [0.05, 0.1) is 7.11 Å². The number of benzene rings is 1. The summed E-state index contributed by atoms with van der Waals surface area (Å²) in [7, 11) is 1.35. The molecule has 0 aliphatic heterocycles. The van der Waals surface area contributed by atoms with Crippen molar-refractivity contribution in [2.24, 2.45) is 5.92 Å². The van der Waals surface area contributed by atoms with Gasteiger partial charge in [0.15, 0.2) is 11.5 Å². The lowest BCUT2D eigenvalue weighted by molar-refractivity contribution is -0.127. The number of methoxy groups -OCH3 is 1. The molecule has 29 heavy (non-hydrogen) atoms. The predicted molar refractivity (Wildman–Crippen MR) is 106 cm³/mol. The van der Waals surface area contributed by atoms with Crippen molar-refractivity contribution < 1.29 is 27.8 Å². The largest absolute Gasteiger partial charge is 0.493 e. The highest BCUT2D eigenvalue weighted by atomic mass is 19.3. The maximum atomic E-state index is 12.4. The zero-order valence-electron chi connectivity index (χ0n) is 16.9. The van der Waals surface area contributed by atoms with E-state index in [2.05, 4.69) is 15.4 Å². The second-order valence-electron chi connectivity index (χ2n) is 7.35. The van der Waals surface area contributed by atoms with Gasteiger partial charge in [0.25, 0.3) is 0 Å². The van der Waals surface area contributed by atoms with Crippen molar-refractivity contribution in [3.05, 3.63) is 29.8 Å². The minimum Gasteiger partial charge on any atom is -0.493 e. The third-order valence-corrected chi connectivity index (χ3v) is 4.65. The van der Waals surface area contributed by atoms with E-state index in [1.807, 2.05) is 13.8 Å². The molecule has 1 aliphatic carbocycles. The fourth-order valence-corrected chi connectivity index (χ4v) is 3.36. The number of amides is 2. The van der Waals surface area contributed by atoms with Gasteiger partial charge in [-0.3, -0.25) is 9.59 Å². The number of carbonyl (C=O) groups is 2. The van der Waals surface area contributed by atoms with Crippen LogP contribution in [-0.2, 0) is 9.59 Å². The average Bonchev–Trinajstić information content (AvgIpc) is 2.66. The topological polar surface area (TPSA) is 76.7 Å². The van der Waals surface area contributed by atoms with Crippen LogP contribution in [0.15, 0.2) is 24.3 Å². The SMILES string of the molecule is COc1cc(/C=C/C(=O)NC2CCCC(C(=O)NC(C)C)C2)ccc1OC(F)F. The number of ether oxygens (including phenoxy) is 2. The molecular weight excluding hydrogens is 382 g/mol. The van der Waals surface area contributed by atoms with Crippen LogP contribution in [0.5, 0.6) is 11.5 Å². The summed E-state index contributed by atoms with van der Waals surface area (Å²) in [5.74, 6) is -0.247. The summed E-state index contributed by atoms with van der Waals surface area (Å²) >= 11 is 0. The quantitative estimate of drug-likeness (QED) is 0.643. The molecular formula is C21H28F2N2O4. The molecule has 1 aliphatic rings. The smallest absolute Gasteiger partial charge is 0.387 e. The zero-order valence-corrected chi connectivity index (χ0v) is 16.9. The van der Waals surface area contributed by atoms with Gasteiger partial charge in [-0.15, -0.1) is 0 Å². The molecule has 0 spiro atoms. The summed E-state index contributed by atoms with van der Waals surface area (Å²) in [6.45, 7) is 0.899. The number of rotatable bonds is 8. The maximum Gasteiger partial charge on any atom is 0.387 e. The Labute approximate surface area is 169 Å². The molecule has 2 N–H and O–H groups in total. The van der Waals surface area contributed by atoms with Crippen LogP contribution in [0.1, 0.15) is 45.1 Å². The molecule has 6 nitrogen and oxygen atoms in total. The highest BCUT2D eigenvalue weighted by Gasteiger charge is 2.28. The Balaban J connectivity index is 1.93. The molecule has 1 aromatic rings.